The summed E-state index contributed by atoms with van der Waals surface area (Å²) in [5, 5.41) is 0. The van der Waals surface area contributed by atoms with Crippen LogP contribution in [0.1, 0.15) is 21.6 Å². The second-order valence-corrected chi connectivity index (χ2v) is 7.62. The Morgan fingerprint density at radius 3 is 2.89 bits per heavy atom. The molecule has 4 heterocycles. The first kappa shape index (κ1) is 16.6. The molecule has 5 rings (SSSR count). The summed E-state index contributed by atoms with van der Waals surface area (Å²) in [7, 11) is 0. The molecule has 2 aliphatic rings. The standard InChI is InChI=1S/C19H19N5O2S/c25-19(13-1-2-17-15(9-13)22-12-27-17)24-4-3-14-16(10-24)20-11-21-18(14)23-5-7-26-8-6-23/h1-2,9,11-12H,3-8,10H2. The van der Waals surface area contributed by atoms with Gasteiger partial charge in [-0.3, -0.25) is 4.79 Å². The van der Waals surface area contributed by atoms with E-state index in [-0.39, 0.29) is 5.91 Å². The van der Waals surface area contributed by atoms with Crippen LogP contribution in [0.2, 0.25) is 0 Å². The zero-order valence-corrected chi connectivity index (χ0v) is 15.6. The minimum Gasteiger partial charge on any atom is -0.378 e. The highest BCUT2D eigenvalue weighted by Gasteiger charge is 2.27. The second-order valence-electron chi connectivity index (χ2n) is 6.73. The van der Waals surface area contributed by atoms with E-state index in [2.05, 4.69) is 19.9 Å². The first-order chi connectivity index (χ1) is 13.3. The number of morpholine rings is 1. The fourth-order valence-electron chi connectivity index (χ4n) is 3.73. The van der Waals surface area contributed by atoms with Crippen LogP contribution in [-0.2, 0) is 17.7 Å². The Kier molecular flexibility index (Phi) is 4.21. The van der Waals surface area contributed by atoms with Gasteiger partial charge in [-0.2, -0.15) is 0 Å². The Labute approximate surface area is 160 Å². The molecular weight excluding hydrogens is 362 g/mol. The summed E-state index contributed by atoms with van der Waals surface area (Å²) >= 11 is 1.58. The molecule has 8 heteroatoms. The molecule has 0 bridgehead atoms. The van der Waals surface area contributed by atoms with E-state index in [4.69, 9.17) is 4.74 Å². The van der Waals surface area contributed by atoms with Gasteiger partial charge in [0.25, 0.3) is 5.91 Å². The number of benzene rings is 1. The summed E-state index contributed by atoms with van der Waals surface area (Å²) in [5.74, 6) is 1.03. The van der Waals surface area contributed by atoms with E-state index in [0.29, 0.717) is 18.7 Å². The number of aromatic nitrogens is 3. The first-order valence-electron chi connectivity index (χ1n) is 9.07. The Bertz CT molecular complexity index is 999. The molecular formula is C19H19N5O2S. The van der Waals surface area contributed by atoms with Gasteiger partial charge in [-0.05, 0) is 24.6 Å². The highest BCUT2D eigenvalue weighted by atomic mass is 32.1. The van der Waals surface area contributed by atoms with Crippen LogP contribution in [0, 0.1) is 0 Å². The van der Waals surface area contributed by atoms with Gasteiger partial charge in [0.2, 0.25) is 0 Å². The van der Waals surface area contributed by atoms with Crippen LogP contribution >= 0.6 is 11.3 Å². The molecule has 1 saturated heterocycles. The molecule has 0 saturated carbocycles. The molecule has 0 aliphatic carbocycles. The van der Waals surface area contributed by atoms with Gasteiger partial charge in [0, 0.05) is 30.8 Å². The fraction of sp³-hybridized carbons (Fsp3) is 0.368. The van der Waals surface area contributed by atoms with Crippen molar-refractivity contribution >= 4 is 33.3 Å². The van der Waals surface area contributed by atoms with Gasteiger partial charge in [-0.25, -0.2) is 15.0 Å². The minimum absolute atomic E-state index is 0.0297. The second kappa shape index (κ2) is 6.86. The maximum absolute atomic E-state index is 13.0. The highest BCUT2D eigenvalue weighted by molar-refractivity contribution is 7.16. The monoisotopic (exact) mass is 381 g/mol. The van der Waals surface area contributed by atoms with Crippen molar-refractivity contribution in [1.29, 1.82) is 0 Å². The van der Waals surface area contributed by atoms with Crippen molar-refractivity contribution in [2.45, 2.75) is 13.0 Å². The average Bonchev–Trinajstić information content (AvgIpc) is 3.21. The number of carbonyl (C=O) groups is 1. The van der Waals surface area contributed by atoms with Gasteiger partial charge in [0.15, 0.2) is 0 Å². The summed E-state index contributed by atoms with van der Waals surface area (Å²) in [5.41, 5.74) is 5.47. The lowest BCUT2D eigenvalue weighted by atomic mass is 10.0. The summed E-state index contributed by atoms with van der Waals surface area (Å²) < 4.78 is 6.54. The Hall–Kier alpha value is -2.58. The van der Waals surface area contributed by atoms with Crippen molar-refractivity contribution in [3.63, 3.8) is 0 Å². The number of nitrogens with zero attached hydrogens (tertiary/aromatic N) is 5. The number of amides is 1. The van der Waals surface area contributed by atoms with E-state index in [1.807, 2.05) is 23.1 Å². The largest absolute Gasteiger partial charge is 0.378 e. The quantitative estimate of drug-likeness (QED) is 0.677. The molecule has 2 aromatic heterocycles. The SMILES string of the molecule is O=C(c1ccc2scnc2c1)N1CCc2c(ncnc2N2CCOCC2)C1. The fourth-order valence-corrected chi connectivity index (χ4v) is 4.39. The van der Waals surface area contributed by atoms with Crippen LogP contribution in [0.5, 0.6) is 0 Å². The van der Waals surface area contributed by atoms with E-state index in [0.717, 1.165) is 54.5 Å². The third kappa shape index (κ3) is 3.04. The Balaban J connectivity index is 1.39. The van der Waals surface area contributed by atoms with Crippen LogP contribution in [0.3, 0.4) is 0 Å². The number of ether oxygens (including phenoxy) is 1. The van der Waals surface area contributed by atoms with E-state index in [1.165, 1.54) is 5.56 Å². The zero-order chi connectivity index (χ0) is 18.2. The van der Waals surface area contributed by atoms with E-state index >= 15 is 0 Å². The smallest absolute Gasteiger partial charge is 0.254 e. The molecule has 27 heavy (non-hydrogen) atoms. The number of anilines is 1. The third-order valence-electron chi connectivity index (χ3n) is 5.16. The number of carbonyl (C=O) groups excluding carboxylic acids is 1. The molecule has 0 atom stereocenters. The molecule has 1 aromatic carbocycles. The molecule has 7 nitrogen and oxygen atoms in total. The molecule has 0 N–H and O–H groups in total. The number of rotatable bonds is 2. The van der Waals surface area contributed by atoms with Crippen LogP contribution < -0.4 is 4.90 Å². The van der Waals surface area contributed by atoms with E-state index in [1.54, 1.807) is 23.2 Å². The predicted octanol–water partition coefficient (Wildman–Crippen LogP) is 2.12. The molecule has 3 aromatic rings. The number of hydrogen-bond acceptors (Lipinski definition) is 7. The molecule has 1 amide bonds. The summed E-state index contributed by atoms with van der Waals surface area (Å²) in [6.45, 7) is 4.33. The lowest BCUT2D eigenvalue weighted by molar-refractivity contribution is 0.0731. The van der Waals surface area contributed by atoms with Crippen LogP contribution in [0.25, 0.3) is 10.2 Å². The molecule has 0 unspecified atom stereocenters. The summed E-state index contributed by atoms with van der Waals surface area (Å²) in [6.07, 6.45) is 2.38. The van der Waals surface area contributed by atoms with E-state index < -0.39 is 0 Å². The van der Waals surface area contributed by atoms with Gasteiger partial charge in [0.05, 0.1) is 41.2 Å². The lowest BCUT2D eigenvalue weighted by Crippen LogP contribution is -2.40. The van der Waals surface area contributed by atoms with E-state index in [9.17, 15) is 4.79 Å². The molecule has 138 valence electrons. The van der Waals surface area contributed by atoms with Crippen molar-refractivity contribution in [3.05, 3.63) is 46.9 Å². The average molecular weight is 381 g/mol. The highest BCUT2D eigenvalue weighted by Crippen LogP contribution is 2.27. The van der Waals surface area contributed by atoms with Gasteiger partial charge in [0.1, 0.15) is 12.1 Å². The van der Waals surface area contributed by atoms with Gasteiger partial charge < -0.3 is 14.5 Å². The molecule has 0 radical (unpaired) electrons. The molecule has 2 aliphatic heterocycles. The van der Waals surface area contributed by atoms with Crippen molar-refractivity contribution in [1.82, 2.24) is 19.9 Å². The van der Waals surface area contributed by atoms with Gasteiger partial charge in [-0.1, -0.05) is 0 Å². The maximum atomic E-state index is 13.0. The minimum atomic E-state index is 0.0297. The van der Waals surface area contributed by atoms with Crippen LogP contribution in [0.4, 0.5) is 5.82 Å². The molecule has 0 spiro atoms. The topological polar surface area (TPSA) is 71.5 Å². The zero-order valence-electron chi connectivity index (χ0n) is 14.8. The van der Waals surface area contributed by atoms with Crippen LogP contribution in [-0.4, -0.2) is 58.6 Å². The van der Waals surface area contributed by atoms with Crippen LogP contribution in [0.15, 0.2) is 30.0 Å². The van der Waals surface area contributed by atoms with Gasteiger partial charge >= 0.3 is 0 Å². The first-order valence-corrected chi connectivity index (χ1v) is 9.95. The summed E-state index contributed by atoms with van der Waals surface area (Å²) in [4.78, 5) is 30.4. The summed E-state index contributed by atoms with van der Waals surface area (Å²) in [6, 6.07) is 5.73. The number of thiazole rings is 1. The van der Waals surface area contributed by atoms with Gasteiger partial charge in [-0.15, -0.1) is 11.3 Å². The maximum Gasteiger partial charge on any atom is 0.254 e. The van der Waals surface area contributed by atoms with Crippen molar-refractivity contribution in [3.8, 4) is 0 Å². The van der Waals surface area contributed by atoms with Crippen molar-refractivity contribution in [2.75, 3.05) is 37.7 Å². The van der Waals surface area contributed by atoms with Crippen molar-refractivity contribution < 1.29 is 9.53 Å². The predicted molar refractivity (Wildman–Crippen MR) is 103 cm³/mol. The number of fused-ring (bicyclic) bond motifs is 2. The third-order valence-corrected chi connectivity index (χ3v) is 5.97. The Morgan fingerprint density at radius 1 is 1.11 bits per heavy atom. The lowest BCUT2D eigenvalue weighted by Gasteiger charge is -2.33. The number of hydrogen-bond donors (Lipinski definition) is 0. The van der Waals surface area contributed by atoms with Crippen molar-refractivity contribution in [2.24, 2.45) is 0 Å². The Morgan fingerprint density at radius 2 is 2.00 bits per heavy atom. The molecule has 1 fully saturated rings. The normalized spacial score (nSPS) is 17.2.